The Morgan fingerprint density at radius 1 is 1.24 bits per heavy atom. The molecule has 0 bridgehead atoms. The number of thiophene rings is 1. The van der Waals surface area contributed by atoms with Gasteiger partial charge in [-0.05, 0) is 54.1 Å². The number of nitrogens with two attached hydrogens (primary N) is 1. The van der Waals surface area contributed by atoms with Crippen molar-refractivity contribution >= 4 is 11.3 Å². The predicted octanol–water partition coefficient (Wildman–Crippen LogP) is 3.56. The fourth-order valence-corrected chi connectivity index (χ4v) is 2.73. The molecule has 1 heterocycles. The first-order chi connectivity index (χ1) is 8.24. The van der Waals surface area contributed by atoms with Crippen LogP contribution in [0.3, 0.4) is 0 Å². The number of rotatable bonds is 5. The van der Waals surface area contributed by atoms with Gasteiger partial charge in [0.15, 0.2) is 0 Å². The Labute approximate surface area is 107 Å². The molecule has 0 aliphatic carbocycles. The van der Waals surface area contributed by atoms with Gasteiger partial charge in [-0.1, -0.05) is 29.8 Å². The molecule has 0 saturated carbocycles. The van der Waals surface area contributed by atoms with Crippen LogP contribution in [0.2, 0.25) is 0 Å². The molecular weight excluding hydrogens is 226 g/mol. The lowest BCUT2D eigenvalue weighted by molar-refractivity contribution is 0.611. The fraction of sp³-hybridized carbons (Fsp3) is 0.333. The Balaban J connectivity index is 1.83. The van der Waals surface area contributed by atoms with E-state index < -0.39 is 0 Å². The topological polar surface area (TPSA) is 26.0 Å². The SMILES string of the molecule is Cc1cccc(CC(N)CCc2ccsc2)c1. The number of benzene rings is 1. The summed E-state index contributed by atoms with van der Waals surface area (Å²) in [5.74, 6) is 0. The zero-order chi connectivity index (χ0) is 12.1. The average molecular weight is 245 g/mol. The van der Waals surface area contributed by atoms with Crippen molar-refractivity contribution in [1.29, 1.82) is 0 Å². The fourth-order valence-electron chi connectivity index (χ4n) is 2.03. The van der Waals surface area contributed by atoms with Crippen LogP contribution in [0.25, 0.3) is 0 Å². The largest absolute Gasteiger partial charge is 0.327 e. The first-order valence-corrected chi connectivity index (χ1v) is 7.00. The second-order valence-electron chi connectivity index (χ2n) is 4.62. The summed E-state index contributed by atoms with van der Waals surface area (Å²) < 4.78 is 0. The molecule has 2 heteroatoms. The second-order valence-corrected chi connectivity index (χ2v) is 5.40. The zero-order valence-electron chi connectivity index (χ0n) is 10.2. The van der Waals surface area contributed by atoms with Gasteiger partial charge in [0.05, 0.1) is 0 Å². The van der Waals surface area contributed by atoms with E-state index in [0.717, 1.165) is 19.3 Å². The summed E-state index contributed by atoms with van der Waals surface area (Å²) in [6.07, 6.45) is 3.13. The molecule has 0 aliphatic rings. The van der Waals surface area contributed by atoms with Gasteiger partial charge in [-0.2, -0.15) is 11.3 Å². The number of hydrogen-bond donors (Lipinski definition) is 1. The minimum absolute atomic E-state index is 0.261. The molecule has 1 aromatic heterocycles. The highest BCUT2D eigenvalue weighted by Gasteiger charge is 2.05. The predicted molar refractivity (Wildman–Crippen MR) is 75.5 cm³/mol. The average Bonchev–Trinajstić information content (AvgIpc) is 2.79. The van der Waals surface area contributed by atoms with Crippen LogP contribution in [0, 0.1) is 6.92 Å². The summed E-state index contributed by atoms with van der Waals surface area (Å²) in [6.45, 7) is 2.13. The molecule has 17 heavy (non-hydrogen) atoms. The van der Waals surface area contributed by atoms with Crippen LogP contribution >= 0.6 is 11.3 Å². The van der Waals surface area contributed by atoms with Gasteiger partial charge in [-0.15, -0.1) is 0 Å². The summed E-state index contributed by atoms with van der Waals surface area (Å²) in [5, 5.41) is 4.33. The molecule has 1 unspecified atom stereocenters. The lowest BCUT2D eigenvalue weighted by Crippen LogP contribution is -2.23. The monoisotopic (exact) mass is 245 g/mol. The molecule has 2 N–H and O–H groups in total. The van der Waals surface area contributed by atoms with Crippen molar-refractivity contribution in [2.75, 3.05) is 0 Å². The lowest BCUT2D eigenvalue weighted by Gasteiger charge is -2.11. The Morgan fingerprint density at radius 2 is 2.12 bits per heavy atom. The van der Waals surface area contributed by atoms with Crippen LogP contribution < -0.4 is 5.73 Å². The maximum atomic E-state index is 6.18. The van der Waals surface area contributed by atoms with E-state index >= 15 is 0 Å². The summed E-state index contributed by atoms with van der Waals surface area (Å²) in [4.78, 5) is 0. The third-order valence-corrected chi connectivity index (χ3v) is 3.70. The van der Waals surface area contributed by atoms with Gasteiger partial charge in [-0.3, -0.25) is 0 Å². The molecule has 2 rings (SSSR count). The van der Waals surface area contributed by atoms with Crippen LogP contribution in [-0.2, 0) is 12.8 Å². The van der Waals surface area contributed by atoms with Crippen LogP contribution in [-0.4, -0.2) is 6.04 Å². The van der Waals surface area contributed by atoms with Crippen LogP contribution in [0.5, 0.6) is 0 Å². The highest BCUT2D eigenvalue weighted by atomic mass is 32.1. The quantitative estimate of drug-likeness (QED) is 0.856. The van der Waals surface area contributed by atoms with E-state index in [1.807, 2.05) is 0 Å². The molecule has 0 aliphatic heterocycles. The molecule has 0 fully saturated rings. The van der Waals surface area contributed by atoms with E-state index in [1.165, 1.54) is 16.7 Å². The zero-order valence-corrected chi connectivity index (χ0v) is 11.0. The molecule has 0 amide bonds. The van der Waals surface area contributed by atoms with Crippen molar-refractivity contribution in [3.8, 4) is 0 Å². The molecule has 1 nitrogen and oxygen atoms in total. The Hall–Kier alpha value is -1.12. The summed E-state index contributed by atoms with van der Waals surface area (Å²) in [5.41, 5.74) is 10.2. The molecule has 0 spiro atoms. The van der Waals surface area contributed by atoms with Gasteiger partial charge in [0.2, 0.25) is 0 Å². The molecule has 1 aromatic carbocycles. The third-order valence-electron chi connectivity index (χ3n) is 2.96. The summed E-state index contributed by atoms with van der Waals surface area (Å²) >= 11 is 1.76. The van der Waals surface area contributed by atoms with Gasteiger partial charge in [0, 0.05) is 6.04 Å². The second kappa shape index (κ2) is 5.99. The Morgan fingerprint density at radius 3 is 2.82 bits per heavy atom. The molecule has 2 aromatic rings. The first-order valence-electron chi connectivity index (χ1n) is 6.06. The molecular formula is C15H19NS. The van der Waals surface area contributed by atoms with Crippen LogP contribution in [0.1, 0.15) is 23.1 Å². The minimum atomic E-state index is 0.261. The first kappa shape index (κ1) is 12.3. The van der Waals surface area contributed by atoms with Gasteiger partial charge in [0.25, 0.3) is 0 Å². The highest BCUT2D eigenvalue weighted by molar-refractivity contribution is 7.07. The molecule has 0 saturated heterocycles. The van der Waals surface area contributed by atoms with E-state index in [1.54, 1.807) is 11.3 Å². The summed E-state index contributed by atoms with van der Waals surface area (Å²) in [6, 6.07) is 11.1. The number of hydrogen-bond acceptors (Lipinski definition) is 2. The van der Waals surface area contributed by atoms with Crippen molar-refractivity contribution < 1.29 is 0 Å². The normalized spacial score (nSPS) is 12.6. The van der Waals surface area contributed by atoms with Crippen molar-refractivity contribution in [3.63, 3.8) is 0 Å². The van der Waals surface area contributed by atoms with Crippen molar-refractivity contribution in [2.45, 2.75) is 32.2 Å². The molecule has 1 atom stereocenters. The van der Waals surface area contributed by atoms with Gasteiger partial charge < -0.3 is 5.73 Å². The van der Waals surface area contributed by atoms with E-state index in [0.29, 0.717) is 0 Å². The summed E-state index contributed by atoms with van der Waals surface area (Å²) in [7, 11) is 0. The van der Waals surface area contributed by atoms with E-state index in [9.17, 15) is 0 Å². The minimum Gasteiger partial charge on any atom is -0.327 e. The Bertz CT molecular complexity index is 448. The van der Waals surface area contributed by atoms with Crippen LogP contribution in [0.4, 0.5) is 0 Å². The maximum Gasteiger partial charge on any atom is 0.00824 e. The number of aryl methyl sites for hydroxylation is 2. The Kier molecular flexibility index (Phi) is 4.35. The van der Waals surface area contributed by atoms with Gasteiger partial charge in [-0.25, -0.2) is 0 Å². The van der Waals surface area contributed by atoms with Crippen molar-refractivity contribution in [1.82, 2.24) is 0 Å². The highest BCUT2D eigenvalue weighted by Crippen LogP contribution is 2.12. The van der Waals surface area contributed by atoms with Crippen molar-refractivity contribution in [2.24, 2.45) is 5.73 Å². The van der Waals surface area contributed by atoms with Gasteiger partial charge >= 0.3 is 0 Å². The molecule has 90 valence electrons. The third kappa shape index (κ3) is 3.99. The molecule has 0 radical (unpaired) electrons. The van der Waals surface area contributed by atoms with Crippen molar-refractivity contribution in [3.05, 3.63) is 57.8 Å². The smallest absolute Gasteiger partial charge is 0.00824 e. The maximum absolute atomic E-state index is 6.18. The van der Waals surface area contributed by atoms with E-state index in [4.69, 9.17) is 5.73 Å². The lowest BCUT2D eigenvalue weighted by atomic mass is 10.00. The van der Waals surface area contributed by atoms with Crippen LogP contribution in [0.15, 0.2) is 41.1 Å². The van der Waals surface area contributed by atoms with Gasteiger partial charge in [0.1, 0.15) is 0 Å². The van der Waals surface area contributed by atoms with E-state index in [-0.39, 0.29) is 6.04 Å². The standard InChI is InChI=1S/C15H19NS/c1-12-3-2-4-14(9-12)10-15(16)6-5-13-7-8-17-11-13/h2-4,7-9,11,15H,5-6,10,16H2,1H3. The van der Waals surface area contributed by atoms with E-state index in [2.05, 4.69) is 48.0 Å².